The number of hydrogen-bond donors (Lipinski definition) is 1. The molecule has 7 nitrogen and oxygen atoms in total. The Kier molecular flexibility index (Phi) is 6.06. The van der Waals surface area contributed by atoms with E-state index < -0.39 is 6.04 Å². The van der Waals surface area contributed by atoms with Gasteiger partial charge in [-0.15, -0.1) is 11.8 Å². The highest BCUT2D eigenvalue weighted by Crippen LogP contribution is 2.24. The highest BCUT2D eigenvalue weighted by Gasteiger charge is 2.34. The first-order valence-corrected chi connectivity index (χ1v) is 9.56. The standard InChI is InChI=1S/C18H20N4O3S/c1-2-4-16(23)22-12-26-11-15(22)17(24)21-13-5-7-14(8-6-13)25-18-19-9-3-10-20-18/h3,5-10,15H,2,4,11-12H2,1H3,(H,21,24)/t15-/m1/s1. The third-order valence-corrected chi connectivity index (χ3v) is 4.85. The molecule has 1 aliphatic rings. The normalized spacial score (nSPS) is 16.3. The molecule has 1 aliphatic heterocycles. The van der Waals surface area contributed by atoms with Crippen molar-refractivity contribution < 1.29 is 14.3 Å². The number of benzene rings is 1. The van der Waals surface area contributed by atoms with E-state index in [1.54, 1.807) is 59.4 Å². The molecule has 1 N–H and O–H groups in total. The van der Waals surface area contributed by atoms with Crippen molar-refractivity contribution in [2.45, 2.75) is 25.8 Å². The molecular weight excluding hydrogens is 352 g/mol. The lowest BCUT2D eigenvalue weighted by molar-refractivity contribution is -0.136. The lowest BCUT2D eigenvalue weighted by Gasteiger charge is -2.23. The van der Waals surface area contributed by atoms with Crippen LogP contribution in [-0.2, 0) is 9.59 Å². The van der Waals surface area contributed by atoms with Crippen LogP contribution in [0.2, 0.25) is 0 Å². The van der Waals surface area contributed by atoms with Crippen LogP contribution in [0.25, 0.3) is 0 Å². The summed E-state index contributed by atoms with van der Waals surface area (Å²) < 4.78 is 5.52. The number of thioether (sulfide) groups is 1. The molecule has 136 valence electrons. The number of nitrogens with one attached hydrogen (secondary N) is 1. The van der Waals surface area contributed by atoms with Crippen LogP contribution in [0, 0.1) is 0 Å². The Bertz CT molecular complexity index is 755. The summed E-state index contributed by atoms with van der Waals surface area (Å²) in [6.07, 6.45) is 4.45. The average molecular weight is 372 g/mol. The second kappa shape index (κ2) is 8.66. The van der Waals surface area contributed by atoms with Gasteiger partial charge in [0, 0.05) is 30.3 Å². The second-order valence-electron chi connectivity index (χ2n) is 5.78. The van der Waals surface area contributed by atoms with Crippen LogP contribution in [0.1, 0.15) is 19.8 Å². The van der Waals surface area contributed by atoms with E-state index in [9.17, 15) is 9.59 Å². The van der Waals surface area contributed by atoms with Gasteiger partial charge in [0.1, 0.15) is 11.8 Å². The molecular formula is C18H20N4O3S. The molecule has 2 aromatic rings. The molecule has 1 aromatic heterocycles. The van der Waals surface area contributed by atoms with Gasteiger partial charge in [-0.3, -0.25) is 9.59 Å². The number of nitrogens with zero attached hydrogens (tertiary/aromatic N) is 3. The molecule has 1 atom stereocenters. The van der Waals surface area contributed by atoms with Crippen LogP contribution < -0.4 is 10.1 Å². The fourth-order valence-electron chi connectivity index (χ4n) is 2.54. The van der Waals surface area contributed by atoms with E-state index in [1.807, 2.05) is 6.92 Å². The van der Waals surface area contributed by atoms with Crippen molar-refractivity contribution in [3.63, 3.8) is 0 Å². The van der Waals surface area contributed by atoms with Gasteiger partial charge in [0.25, 0.3) is 0 Å². The minimum absolute atomic E-state index is 0.0317. The summed E-state index contributed by atoms with van der Waals surface area (Å²) in [5.74, 6) is 1.63. The summed E-state index contributed by atoms with van der Waals surface area (Å²) in [4.78, 5) is 34.3. The second-order valence-corrected chi connectivity index (χ2v) is 6.78. The molecule has 0 unspecified atom stereocenters. The van der Waals surface area contributed by atoms with Crippen LogP contribution in [0.3, 0.4) is 0 Å². The fourth-order valence-corrected chi connectivity index (χ4v) is 3.72. The van der Waals surface area contributed by atoms with Gasteiger partial charge < -0.3 is 15.0 Å². The lowest BCUT2D eigenvalue weighted by Crippen LogP contribution is -2.44. The molecule has 2 amide bonds. The van der Waals surface area contributed by atoms with E-state index in [0.29, 0.717) is 29.5 Å². The lowest BCUT2D eigenvalue weighted by atomic mass is 10.2. The smallest absolute Gasteiger partial charge is 0.321 e. The zero-order valence-corrected chi connectivity index (χ0v) is 15.2. The SMILES string of the molecule is CCCC(=O)N1CSC[C@@H]1C(=O)Nc1ccc(Oc2ncccn2)cc1. The largest absolute Gasteiger partial charge is 0.424 e. The summed E-state index contributed by atoms with van der Waals surface area (Å²) in [6.45, 7) is 1.96. The van der Waals surface area contributed by atoms with E-state index in [4.69, 9.17) is 4.74 Å². The van der Waals surface area contributed by atoms with Gasteiger partial charge in [0.2, 0.25) is 11.8 Å². The molecule has 0 radical (unpaired) electrons. The van der Waals surface area contributed by atoms with Crippen molar-refractivity contribution in [3.8, 4) is 11.8 Å². The molecule has 26 heavy (non-hydrogen) atoms. The highest BCUT2D eigenvalue weighted by molar-refractivity contribution is 7.99. The number of carbonyl (C=O) groups excluding carboxylic acids is 2. The zero-order chi connectivity index (χ0) is 18.4. The van der Waals surface area contributed by atoms with E-state index in [-0.39, 0.29) is 17.8 Å². The van der Waals surface area contributed by atoms with Crippen molar-refractivity contribution in [2.75, 3.05) is 16.9 Å². The summed E-state index contributed by atoms with van der Waals surface area (Å²) in [7, 11) is 0. The minimum Gasteiger partial charge on any atom is -0.424 e. The first kappa shape index (κ1) is 18.2. The topological polar surface area (TPSA) is 84.4 Å². The van der Waals surface area contributed by atoms with Gasteiger partial charge in [0.15, 0.2) is 0 Å². The van der Waals surface area contributed by atoms with Crippen molar-refractivity contribution in [1.82, 2.24) is 14.9 Å². The molecule has 0 saturated carbocycles. The maximum atomic E-state index is 12.5. The maximum absolute atomic E-state index is 12.5. The first-order valence-electron chi connectivity index (χ1n) is 8.40. The number of aromatic nitrogens is 2. The Morgan fingerprint density at radius 1 is 1.27 bits per heavy atom. The molecule has 0 bridgehead atoms. The Hall–Kier alpha value is -2.61. The van der Waals surface area contributed by atoms with Gasteiger partial charge in [-0.1, -0.05) is 6.92 Å². The fraction of sp³-hybridized carbons (Fsp3) is 0.333. The molecule has 3 rings (SSSR count). The van der Waals surface area contributed by atoms with Gasteiger partial charge >= 0.3 is 6.01 Å². The Balaban J connectivity index is 1.60. The Labute approximate surface area is 156 Å². The summed E-state index contributed by atoms with van der Waals surface area (Å²) in [5, 5.41) is 2.87. The number of anilines is 1. The molecule has 2 heterocycles. The van der Waals surface area contributed by atoms with Crippen LogP contribution in [0.5, 0.6) is 11.8 Å². The molecule has 1 aromatic carbocycles. The predicted molar refractivity (Wildman–Crippen MR) is 100 cm³/mol. The summed E-state index contributed by atoms with van der Waals surface area (Å²) >= 11 is 1.60. The molecule has 1 fully saturated rings. The average Bonchev–Trinajstić information content (AvgIpc) is 3.14. The zero-order valence-electron chi connectivity index (χ0n) is 14.4. The minimum atomic E-state index is -0.423. The highest BCUT2D eigenvalue weighted by atomic mass is 32.2. The molecule has 0 aliphatic carbocycles. The Morgan fingerprint density at radius 2 is 2.00 bits per heavy atom. The third-order valence-electron chi connectivity index (χ3n) is 3.84. The summed E-state index contributed by atoms with van der Waals surface area (Å²) in [6, 6.07) is 8.50. The summed E-state index contributed by atoms with van der Waals surface area (Å²) in [5.41, 5.74) is 0.649. The quantitative estimate of drug-likeness (QED) is 0.839. The number of rotatable bonds is 6. The Morgan fingerprint density at radius 3 is 2.69 bits per heavy atom. The monoisotopic (exact) mass is 372 g/mol. The first-order chi connectivity index (χ1) is 12.7. The number of carbonyl (C=O) groups is 2. The van der Waals surface area contributed by atoms with Crippen LogP contribution in [-0.4, -0.2) is 44.4 Å². The van der Waals surface area contributed by atoms with Crippen LogP contribution in [0.15, 0.2) is 42.7 Å². The van der Waals surface area contributed by atoms with Crippen molar-refractivity contribution in [1.29, 1.82) is 0 Å². The van der Waals surface area contributed by atoms with Gasteiger partial charge in [-0.2, -0.15) is 0 Å². The van der Waals surface area contributed by atoms with Crippen LogP contribution in [0.4, 0.5) is 5.69 Å². The van der Waals surface area contributed by atoms with E-state index in [1.165, 1.54) is 0 Å². The van der Waals surface area contributed by atoms with Crippen LogP contribution >= 0.6 is 11.8 Å². The number of amides is 2. The molecule has 0 spiro atoms. The van der Waals surface area contributed by atoms with Gasteiger partial charge in [-0.05, 0) is 36.8 Å². The van der Waals surface area contributed by atoms with Crippen molar-refractivity contribution in [3.05, 3.63) is 42.7 Å². The predicted octanol–water partition coefficient (Wildman–Crippen LogP) is 2.91. The molecule has 1 saturated heterocycles. The van der Waals surface area contributed by atoms with E-state index >= 15 is 0 Å². The third kappa shape index (κ3) is 4.51. The number of ether oxygens (including phenoxy) is 1. The number of hydrogen-bond acceptors (Lipinski definition) is 6. The van der Waals surface area contributed by atoms with E-state index in [2.05, 4.69) is 15.3 Å². The maximum Gasteiger partial charge on any atom is 0.321 e. The van der Waals surface area contributed by atoms with E-state index in [0.717, 1.165) is 6.42 Å². The van der Waals surface area contributed by atoms with Crippen molar-refractivity contribution in [2.24, 2.45) is 0 Å². The molecule has 8 heteroatoms. The van der Waals surface area contributed by atoms with Crippen molar-refractivity contribution >= 4 is 29.3 Å². The van der Waals surface area contributed by atoms with Gasteiger partial charge in [-0.25, -0.2) is 9.97 Å². The van der Waals surface area contributed by atoms with Gasteiger partial charge in [0.05, 0.1) is 5.88 Å².